The lowest BCUT2D eigenvalue weighted by atomic mass is 9.92. The third-order valence-corrected chi connectivity index (χ3v) is 6.63. The molecule has 1 N–H and O–H groups in total. The largest absolute Gasteiger partial charge is 0.387 e. The number of carbonyl (C=O) groups is 1. The maximum atomic E-state index is 12.7. The number of likely N-dealkylation sites (tertiary alicyclic amines) is 1. The van der Waals surface area contributed by atoms with Crippen LogP contribution in [0, 0.1) is 11.8 Å². The van der Waals surface area contributed by atoms with Crippen molar-refractivity contribution in [2.45, 2.75) is 26.4 Å². The van der Waals surface area contributed by atoms with Gasteiger partial charge in [-0.3, -0.25) is 14.6 Å². The van der Waals surface area contributed by atoms with Crippen LogP contribution < -0.4 is 0 Å². The minimum absolute atomic E-state index is 0.276. The highest BCUT2D eigenvalue weighted by Gasteiger charge is 2.28. The summed E-state index contributed by atoms with van der Waals surface area (Å²) in [6, 6.07) is 14.5. The number of rotatable bonds is 5. The second-order valence-electron chi connectivity index (χ2n) is 9.44. The van der Waals surface area contributed by atoms with E-state index in [0.29, 0.717) is 24.9 Å². The van der Waals surface area contributed by atoms with Gasteiger partial charge in [0.2, 0.25) is 5.91 Å². The van der Waals surface area contributed by atoms with E-state index in [9.17, 15) is 9.90 Å². The first-order valence-electron chi connectivity index (χ1n) is 11.4. The molecule has 2 saturated heterocycles. The smallest absolute Gasteiger partial charge is 0.236 e. The summed E-state index contributed by atoms with van der Waals surface area (Å²) in [7, 11) is 0. The van der Waals surface area contributed by atoms with Crippen LogP contribution in [0.1, 0.15) is 31.9 Å². The Kier molecular flexibility index (Phi) is 6.71. The molecular formula is C25H35N3O2. The number of fused-ring (bicyclic) bond motifs is 1. The number of aliphatic hydroxyl groups is 1. The van der Waals surface area contributed by atoms with Gasteiger partial charge < -0.3 is 10.0 Å². The average Bonchev–Trinajstić information content (AvgIpc) is 2.74. The number of β-amino-alcohol motifs (C(OH)–C–C–N with tert-alkyl or cyclic N) is 1. The molecular weight excluding hydrogens is 374 g/mol. The summed E-state index contributed by atoms with van der Waals surface area (Å²) in [6.07, 6.45) is 0.737. The van der Waals surface area contributed by atoms with Crippen molar-refractivity contribution in [2.24, 2.45) is 11.8 Å². The van der Waals surface area contributed by atoms with Crippen molar-refractivity contribution in [3.63, 3.8) is 0 Å². The summed E-state index contributed by atoms with van der Waals surface area (Å²) < 4.78 is 0. The molecule has 162 valence electrons. The fourth-order valence-corrected chi connectivity index (χ4v) is 5.05. The van der Waals surface area contributed by atoms with Crippen LogP contribution in [0.3, 0.4) is 0 Å². The Labute approximate surface area is 180 Å². The third kappa shape index (κ3) is 5.20. The van der Waals surface area contributed by atoms with Gasteiger partial charge in [-0.2, -0.15) is 0 Å². The first-order chi connectivity index (χ1) is 14.5. The van der Waals surface area contributed by atoms with E-state index in [4.69, 9.17) is 0 Å². The summed E-state index contributed by atoms with van der Waals surface area (Å²) in [6.45, 7) is 11.0. The first kappa shape index (κ1) is 21.3. The molecule has 0 bridgehead atoms. The molecule has 2 aromatic carbocycles. The number of nitrogens with zero attached hydrogens (tertiary/aromatic N) is 3. The second kappa shape index (κ2) is 9.46. The van der Waals surface area contributed by atoms with Gasteiger partial charge in [0.25, 0.3) is 0 Å². The number of aliphatic hydroxyl groups excluding tert-OH is 1. The van der Waals surface area contributed by atoms with Crippen LogP contribution in [-0.4, -0.2) is 78.1 Å². The zero-order valence-corrected chi connectivity index (χ0v) is 18.3. The molecule has 0 radical (unpaired) electrons. The summed E-state index contributed by atoms with van der Waals surface area (Å²) >= 11 is 0. The molecule has 2 aromatic rings. The van der Waals surface area contributed by atoms with E-state index in [1.165, 1.54) is 17.2 Å². The van der Waals surface area contributed by atoms with E-state index in [1.807, 2.05) is 18.2 Å². The molecule has 30 heavy (non-hydrogen) atoms. The maximum absolute atomic E-state index is 12.7. The fourth-order valence-electron chi connectivity index (χ4n) is 5.05. The minimum atomic E-state index is -0.487. The lowest BCUT2D eigenvalue weighted by Gasteiger charge is -2.38. The van der Waals surface area contributed by atoms with Gasteiger partial charge in [-0.15, -0.1) is 0 Å². The topological polar surface area (TPSA) is 47.0 Å². The fraction of sp³-hybridized carbons (Fsp3) is 0.560. The molecule has 2 fully saturated rings. The summed E-state index contributed by atoms with van der Waals surface area (Å²) in [5.74, 6) is 1.48. The number of carbonyl (C=O) groups excluding carboxylic acids is 1. The summed E-state index contributed by atoms with van der Waals surface area (Å²) in [5, 5.41) is 13.1. The highest BCUT2D eigenvalue weighted by molar-refractivity contribution is 5.83. The SMILES string of the molecule is CC1CC(C)CN(C(=O)CN2CCN(CC(O)c3ccc4ccccc4c3)CC2)C1. The van der Waals surface area contributed by atoms with Gasteiger partial charge in [-0.05, 0) is 40.7 Å². The molecule has 1 amide bonds. The normalized spacial score (nSPS) is 24.8. The van der Waals surface area contributed by atoms with Crippen molar-refractivity contribution in [3.8, 4) is 0 Å². The molecule has 2 aliphatic rings. The van der Waals surface area contributed by atoms with Crippen molar-refractivity contribution < 1.29 is 9.90 Å². The maximum Gasteiger partial charge on any atom is 0.236 e. The number of piperidine rings is 1. The van der Waals surface area contributed by atoms with Gasteiger partial charge in [-0.25, -0.2) is 0 Å². The molecule has 2 aliphatic heterocycles. The number of hydrogen-bond acceptors (Lipinski definition) is 4. The molecule has 3 unspecified atom stereocenters. The molecule has 0 spiro atoms. The Morgan fingerprint density at radius 2 is 1.60 bits per heavy atom. The van der Waals surface area contributed by atoms with E-state index in [2.05, 4.69) is 52.8 Å². The van der Waals surface area contributed by atoms with Gasteiger partial charge in [-0.1, -0.05) is 50.2 Å². The Morgan fingerprint density at radius 3 is 2.30 bits per heavy atom. The number of hydrogen-bond donors (Lipinski definition) is 1. The highest BCUT2D eigenvalue weighted by Crippen LogP contribution is 2.23. The van der Waals surface area contributed by atoms with Gasteiger partial charge in [0.1, 0.15) is 0 Å². The number of benzene rings is 2. The predicted octanol–water partition coefficient (Wildman–Crippen LogP) is 3.00. The molecule has 4 rings (SSSR count). The Bertz CT molecular complexity index is 852. The van der Waals surface area contributed by atoms with Gasteiger partial charge >= 0.3 is 0 Å². The Balaban J connectivity index is 1.25. The predicted molar refractivity (Wildman–Crippen MR) is 121 cm³/mol. The molecule has 0 aliphatic carbocycles. The summed E-state index contributed by atoms with van der Waals surface area (Å²) in [4.78, 5) is 19.4. The van der Waals surface area contributed by atoms with Crippen LogP contribution in [0.2, 0.25) is 0 Å². The van der Waals surface area contributed by atoms with Gasteiger partial charge in [0.05, 0.1) is 12.6 Å². The Morgan fingerprint density at radius 1 is 0.967 bits per heavy atom. The molecule has 3 atom stereocenters. The average molecular weight is 410 g/mol. The van der Waals surface area contributed by atoms with E-state index in [-0.39, 0.29) is 5.91 Å². The van der Waals surface area contributed by atoms with E-state index in [0.717, 1.165) is 44.8 Å². The molecule has 5 heteroatoms. The summed E-state index contributed by atoms with van der Waals surface area (Å²) in [5.41, 5.74) is 0.972. The standard InChI is InChI=1S/C25H35N3O2/c1-19-13-20(2)16-28(15-19)25(30)18-27-11-9-26(10-12-27)17-24(29)23-8-7-21-5-3-4-6-22(21)14-23/h3-8,14,19-20,24,29H,9-13,15-18H2,1-2H3. The molecule has 0 aromatic heterocycles. The number of amides is 1. The van der Waals surface area contributed by atoms with Crippen LogP contribution in [0.4, 0.5) is 0 Å². The van der Waals surface area contributed by atoms with Crippen molar-refractivity contribution in [1.29, 1.82) is 0 Å². The lowest BCUT2D eigenvalue weighted by molar-refractivity contribution is -0.135. The zero-order valence-electron chi connectivity index (χ0n) is 18.3. The van der Waals surface area contributed by atoms with Crippen LogP contribution in [0.25, 0.3) is 10.8 Å². The third-order valence-electron chi connectivity index (χ3n) is 6.63. The quantitative estimate of drug-likeness (QED) is 0.825. The second-order valence-corrected chi connectivity index (χ2v) is 9.44. The van der Waals surface area contributed by atoms with Crippen molar-refractivity contribution >= 4 is 16.7 Å². The number of piperazine rings is 1. The van der Waals surface area contributed by atoms with E-state index < -0.39 is 6.10 Å². The van der Waals surface area contributed by atoms with Crippen molar-refractivity contribution in [2.75, 3.05) is 52.4 Å². The molecule has 2 heterocycles. The lowest BCUT2D eigenvalue weighted by Crippen LogP contribution is -2.52. The Hall–Kier alpha value is -1.95. The van der Waals surface area contributed by atoms with Gasteiger partial charge in [0, 0.05) is 45.8 Å². The van der Waals surface area contributed by atoms with Crippen LogP contribution in [0.15, 0.2) is 42.5 Å². The highest BCUT2D eigenvalue weighted by atomic mass is 16.3. The van der Waals surface area contributed by atoms with Crippen molar-refractivity contribution in [1.82, 2.24) is 14.7 Å². The van der Waals surface area contributed by atoms with Crippen molar-refractivity contribution in [3.05, 3.63) is 48.0 Å². The van der Waals surface area contributed by atoms with Crippen LogP contribution >= 0.6 is 0 Å². The monoisotopic (exact) mass is 409 g/mol. The van der Waals surface area contributed by atoms with E-state index in [1.54, 1.807) is 0 Å². The first-order valence-corrected chi connectivity index (χ1v) is 11.4. The zero-order chi connectivity index (χ0) is 21.1. The molecule has 5 nitrogen and oxygen atoms in total. The van der Waals surface area contributed by atoms with Crippen LogP contribution in [0.5, 0.6) is 0 Å². The van der Waals surface area contributed by atoms with E-state index >= 15 is 0 Å². The molecule has 0 saturated carbocycles. The van der Waals surface area contributed by atoms with Gasteiger partial charge in [0.15, 0.2) is 0 Å². The van der Waals surface area contributed by atoms with Crippen LogP contribution in [-0.2, 0) is 4.79 Å². The minimum Gasteiger partial charge on any atom is -0.387 e.